The van der Waals surface area contributed by atoms with E-state index in [-0.39, 0.29) is 30.1 Å². The summed E-state index contributed by atoms with van der Waals surface area (Å²) in [6, 6.07) is 12.9. The lowest BCUT2D eigenvalue weighted by Gasteiger charge is -2.37. The fraction of sp³-hybridized carbons (Fsp3) is 0.400. The Bertz CT molecular complexity index is 1070. The summed E-state index contributed by atoms with van der Waals surface area (Å²) in [6.07, 6.45) is 2.40. The molecule has 0 radical (unpaired) electrons. The van der Waals surface area contributed by atoms with Crippen molar-refractivity contribution in [1.29, 1.82) is 0 Å². The maximum absolute atomic E-state index is 13.5. The number of fused-ring (bicyclic) bond motifs is 2. The van der Waals surface area contributed by atoms with Gasteiger partial charge in [0.05, 0.1) is 11.3 Å². The average Bonchev–Trinajstić information content (AvgIpc) is 2.94. The van der Waals surface area contributed by atoms with Gasteiger partial charge in [0, 0.05) is 38.4 Å². The quantitative estimate of drug-likeness (QED) is 0.721. The molecule has 2 aromatic rings. The molecule has 2 saturated heterocycles. The highest BCUT2D eigenvalue weighted by molar-refractivity contribution is 6.12. The van der Waals surface area contributed by atoms with E-state index in [2.05, 4.69) is 4.90 Å². The third-order valence-corrected chi connectivity index (χ3v) is 6.86. The number of anilines is 2. The van der Waals surface area contributed by atoms with E-state index in [1.54, 1.807) is 46.2 Å². The summed E-state index contributed by atoms with van der Waals surface area (Å²) < 4.78 is 13.2. The van der Waals surface area contributed by atoms with Crippen molar-refractivity contribution in [3.05, 3.63) is 59.9 Å². The van der Waals surface area contributed by atoms with E-state index < -0.39 is 6.04 Å². The SMILES string of the molecule is O=C(CN1C(=O)C2CCCCN2C(=O)c2ccccc21)N1CCN(c2ccc(F)cc2)CC1. The topological polar surface area (TPSA) is 64.2 Å². The third-order valence-electron chi connectivity index (χ3n) is 6.86. The van der Waals surface area contributed by atoms with Crippen LogP contribution in [-0.4, -0.2) is 72.8 Å². The van der Waals surface area contributed by atoms with E-state index in [0.29, 0.717) is 50.4 Å². The van der Waals surface area contributed by atoms with Gasteiger partial charge in [-0.25, -0.2) is 4.39 Å². The monoisotopic (exact) mass is 450 g/mol. The Labute approximate surface area is 192 Å². The van der Waals surface area contributed by atoms with Gasteiger partial charge >= 0.3 is 0 Å². The van der Waals surface area contributed by atoms with Crippen molar-refractivity contribution in [2.75, 3.05) is 49.1 Å². The van der Waals surface area contributed by atoms with Gasteiger partial charge in [-0.1, -0.05) is 12.1 Å². The van der Waals surface area contributed by atoms with Crippen LogP contribution in [0.25, 0.3) is 0 Å². The molecule has 3 aliphatic rings. The number of rotatable bonds is 3. The number of carbonyl (C=O) groups excluding carboxylic acids is 3. The van der Waals surface area contributed by atoms with Gasteiger partial charge in [-0.3, -0.25) is 14.4 Å². The van der Waals surface area contributed by atoms with Gasteiger partial charge in [-0.05, 0) is 55.7 Å². The summed E-state index contributed by atoms with van der Waals surface area (Å²) >= 11 is 0. The van der Waals surface area contributed by atoms with Gasteiger partial charge < -0.3 is 19.6 Å². The van der Waals surface area contributed by atoms with Gasteiger partial charge in [-0.15, -0.1) is 0 Å². The van der Waals surface area contributed by atoms with Gasteiger partial charge in [0.1, 0.15) is 18.4 Å². The Morgan fingerprint density at radius 3 is 2.39 bits per heavy atom. The number of piperidine rings is 1. The summed E-state index contributed by atoms with van der Waals surface area (Å²) in [5.74, 6) is -0.712. The Balaban J connectivity index is 1.32. The van der Waals surface area contributed by atoms with Crippen LogP contribution in [0.2, 0.25) is 0 Å². The molecule has 8 heteroatoms. The number of benzene rings is 2. The number of amides is 3. The maximum Gasteiger partial charge on any atom is 0.256 e. The van der Waals surface area contributed by atoms with Gasteiger partial charge in [-0.2, -0.15) is 0 Å². The van der Waals surface area contributed by atoms with Crippen LogP contribution in [0, 0.1) is 5.82 Å². The molecule has 0 N–H and O–H groups in total. The molecule has 3 heterocycles. The number of nitrogens with zero attached hydrogens (tertiary/aromatic N) is 4. The van der Waals surface area contributed by atoms with Crippen LogP contribution in [0.15, 0.2) is 48.5 Å². The lowest BCUT2D eigenvalue weighted by Crippen LogP contribution is -2.54. The zero-order valence-electron chi connectivity index (χ0n) is 18.5. The van der Waals surface area contributed by atoms with Crippen LogP contribution in [0.3, 0.4) is 0 Å². The minimum absolute atomic E-state index is 0.0794. The van der Waals surface area contributed by atoms with Crippen molar-refractivity contribution in [3.63, 3.8) is 0 Å². The minimum Gasteiger partial charge on any atom is -0.368 e. The fourth-order valence-corrected chi connectivity index (χ4v) is 5.04. The molecular formula is C25H27FN4O3. The second-order valence-electron chi connectivity index (χ2n) is 8.80. The van der Waals surface area contributed by atoms with Gasteiger partial charge in [0.15, 0.2) is 0 Å². The predicted octanol–water partition coefficient (Wildman–Crippen LogP) is 2.52. The van der Waals surface area contributed by atoms with Crippen LogP contribution in [0.1, 0.15) is 29.6 Å². The highest BCUT2D eigenvalue weighted by Gasteiger charge is 2.41. The molecule has 0 aliphatic carbocycles. The molecule has 0 bridgehead atoms. The van der Waals surface area contributed by atoms with Crippen molar-refractivity contribution < 1.29 is 18.8 Å². The molecule has 0 aromatic heterocycles. The van der Waals surface area contributed by atoms with E-state index in [1.165, 1.54) is 17.0 Å². The fourth-order valence-electron chi connectivity index (χ4n) is 5.04. The Morgan fingerprint density at radius 1 is 0.909 bits per heavy atom. The van der Waals surface area contributed by atoms with E-state index in [0.717, 1.165) is 18.5 Å². The molecule has 5 rings (SSSR count). The van der Waals surface area contributed by atoms with E-state index in [4.69, 9.17) is 0 Å². The van der Waals surface area contributed by atoms with Crippen molar-refractivity contribution in [2.24, 2.45) is 0 Å². The molecule has 7 nitrogen and oxygen atoms in total. The summed E-state index contributed by atoms with van der Waals surface area (Å²) in [6.45, 7) is 2.80. The van der Waals surface area contributed by atoms with Crippen molar-refractivity contribution in [2.45, 2.75) is 25.3 Å². The number of halogens is 1. The Morgan fingerprint density at radius 2 is 1.64 bits per heavy atom. The number of hydrogen-bond acceptors (Lipinski definition) is 4. The lowest BCUT2D eigenvalue weighted by atomic mass is 10.0. The number of carbonyl (C=O) groups is 3. The molecule has 2 fully saturated rings. The first-order valence-electron chi connectivity index (χ1n) is 11.5. The maximum atomic E-state index is 13.5. The number of piperazine rings is 1. The second-order valence-corrected chi connectivity index (χ2v) is 8.80. The van der Waals surface area contributed by atoms with Crippen molar-refractivity contribution in [1.82, 2.24) is 9.80 Å². The number of hydrogen-bond donors (Lipinski definition) is 0. The van der Waals surface area contributed by atoms with Gasteiger partial charge in [0.2, 0.25) is 11.8 Å². The summed E-state index contributed by atoms with van der Waals surface area (Å²) in [4.78, 5) is 47.0. The molecule has 1 atom stereocenters. The summed E-state index contributed by atoms with van der Waals surface area (Å²) in [5, 5.41) is 0. The number of para-hydroxylation sites is 1. The van der Waals surface area contributed by atoms with E-state index in [9.17, 15) is 18.8 Å². The third kappa shape index (κ3) is 4.05. The first-order valence-corrected chi connectivity index (χ1v) is 11.5. The first kappa shape index (κ1) is 21.4. The van der Waals surface area contributed by atoms with Crippen LogP contribution in [0.4, 0.5) is 15.8 Å². The molecule has 33 heavy (non-hydrogen) atoms. The van der Waals surface area contributed by atoms with E-state index in [1.807, 2.05) is 0 Å². The minimum atomic E-state index is -0.512. The largest absolute Gasteiger partial charge is 0.368 e. The summed E-state index contributed by atoms with van der Waals surface area (Å²) in [7, 11) is 0. The first-order chi connectivity index (χ1) is 16.0. The molecule has 3 amide bonds. The molecule has 1 unspecified atom stereocenters. The Hall–Kier alpha value is -3.42. The predicted molar refractivity (Wildman–Crippen MR) is 123 cm³/mol. The second kappa shape index (κ2) is 8.84. The smallest absolute Gasteiger partial charge is 0.256 e. The molecule has 3 aliphatic heterocycles. The highest BCUT2D eigenvalue weighted by Crippen LogP contribution is 2.32. The van der Waals surface area contributed by atoms with E-state index >= 15 is 0 Å². The standard InChI is InChI=1S/C25H27FN4O3/c26-18-8-10-19(11-9-18)27-13-15-28(16-14-27)23(31)17-30-21-6-2-1-5-20(21)24(32)29-12-4-3-7-22(29)25(30)33/h1-2,5-6,8-11,22H,3-4,7,12-17H2. The zero-order valence-corrected chi connectivity index (χ0v) is 18.5. The average molecular weight is 451 g/mol. The van der Waals surface area contributed by atoms with Gasteiger partial charge in [0.25, 0.3) is 5.91 Å². The van der Waals surface area contributed by atoms with Crippen molar-refractivity contribution in [3.8, 4) is 0 Å². The summed E-state index contributed by atoms with van der Waals surface area (Å²) in [5.41, 5.74) is 1.92. The lowest BCUT2D eigenvalue weighted by molar-refractivity contribution is -0.132. The molecule has 2 aromatic carbocycles. The molecule has 172 valence electrons. The zero-order chi connectivity index (χ0) is 22.9. The van der Waals surface area contributed by atoms with Crippen LogP contribution < -0.4 is 9.80 Å². The van der Waals surface area contributed by atoms with Crippen molar-refractivity contribution >= 4 is 29.1 Å². The van der Waals surface area contributed by atoms with Crippen LogP contribution in [0.5, 0.6) is 0 Å². The van der Waals surface area contributed by atoms with Crippen LogP contribution >= 0.6 is 0 Å². The molecule has 0 saturated carbocycles. The molecule has 0 spiro atoms. The Kier molecular flexibility index (Phi) is 5.74. The normalized spacial score (nSPS) is 20.9. The molecular weight excluding hydrogens is 423 g/mol. The highest BCUT2D eigenvalue weighted by atomic mass is 19.1. The van der Waals surface area contributed by atoms with Crippen LogP contribution in [-0.2, 0) is 9.59 Å².